The minimum atomic E-state index is -0.438. The van der Waals surface area contributed by atoms with Crippen molar-refractivity contribution in [2.24, 2.45) is 5.73 Å². The second kappa shape index (κ2) is 7.79. The predicted molar refractivity (Wildman–Crippen MR) is 70.4 cm³/mol. The molecule has 0 radical (unpaired) electrons. The highest BCUT2D eigenvalue weighted by Crippen LogP contribution is 2.26. The average Bonchev–Trinajstić information content (AvgIpc) is 2.37. The van der Waals surface area contributed by atoms with Crippen molar-refractivity contribution >= 4 is 18.4 Å². The molecule has 1 aromatic carbocycles. The normalized spacial score (nSPS) is 11.1. The molecule has 0 fully saturated rings. The molecular formula is C12H18ClNO4. The number of hydrogen-bond donors (Lipinski definition) is 1. The first-order valence-corrected chi connectivity index (χ1v) is 5.16. The zero-order chi connectivity index (χ0) is 12.8. The summed E-state index contributed by atoms with van der Waals surface area (Å²) in [6.07, 6.45) is 0.118. The van der Waals surface area contributed by atoms with Crippen LogP contribution in [0, 0.1) is 0 Å². The van der Waals surface area contributed by atoms with Gasteiger partial charge in [-0.1, -0.05) is 0 Å². The molecule has 0 aliphatic carbocycles. The van der Waals surface area contributed by atoms with E-state index < -0.39 is 6.04 Å². The molecule has 5 nitrogen and oxygen atoms in total. The van der Waals surface area contributed by atoms with Gasteiger partial charge in [0.25, 0.3) is 0 Å². The molecule has 102 valence electrons. The SMILES string of the molecule is COC(=O)C[C@H](N)c1cc(OC)cc(OC)c1.Cl. The van der Waals surface area contributed by atoms with Crippen LogP contribution in [0.4, 0.5) is 0 Å². The zero-order valence-electron chi connectivity index (χ0n) is 10.6. The van der Waals surface area contributed by atoms with Gasteiger partial charge >= 0.3 is 5.97 Å². The van der Waals surface area contributed by atoms with Crippen molar-refractivity contribution in [1.82, 2.24) is 0 Å². The molecule has 0 aromatic heterocycles. The molecular weight excluding hydrogens is 258 g/mol. The summed E-state index contributed by atoms with van der Waals surface area (Å²) in [4.78, 5) is 11.1. The van der Waals surface area contributed by atoms with Gasteiger partial charge in [0.15, 0.2) is 0 Å². The molecule has 1 rings (SSSR count). The van der Waals surface area contributed by atoms with E-state index in [1.807, 2.05) is 0 Å². The Bertz CT molecular complexity index is 375. The van der Waals surface area contributed by atoms with Crippen LogP contribution in [0.25, 0.3) is 0 Å². The second-order valence-corrected chi connectivity index (χ2v) is 3.53. The van der Waals surface area contributed by atoms with Crippen molar-refractivity contribution in [1.29, 1.82) is 0 Å². The fourth-order valence-electron chi connectivity index (χ4n) is 1.42. The lowest BCUT2D eigenvalue weighted by atomic mass is 10.0. The number of rotatable bonds is 5. The van der Waals surface area contributed by atoms with E-state index in [4.69, 9.17) is 15.2 Å². The average molecular weight is 276 g/mol. The molecule has 18 heavy (non-hydrogen) atoms. The van der Waals surface area contributed by atoms with Crippen molar-refractivity contribution in [2.75, 3.05) is 21.3 Å². The Morgan fingerprint density at radius 1 is 1.17 bits per heavy atom. The van der Waals surface area contributed by atoms with E-state index in [1.165, 1.54) is 7.11 Å². The highest BCUT2D eigenvalue weighted by Gasteiger charge is 2.14. The van der Waals surface area contributed by atoms with Crippen LogP contribution in [0.5, 0.6) is 11.5 Å². The van der Waals surface area contributed by atoms with E-state index in [0.717, 1.165) is 5.56 Å². The monoisotopic (exact) mass is 275 g/mol. The van der Waals surface area contributed by atoms with Gasteiger partial charge < -0.3 is 19.9 Å². The number of benzene rings is 1. The molecule has 0 bridgehead atoms. The van der Waals surface area contributed by atoms with Gasteiger partial charge in [0.05, 0.1) is 27.8 Å². The third kappa shape index (κ3) is 4.43. The smallest absolute Gasteiger partial charge is 0.307 e. The molecule has 0 saturated heterocycles. The predicted octanol–water partition coefficient (Wildman–Crippen LogP) is 1.69. The lowest BCUT2D eigenvalue weighted by Gasteiger charge is -2.13. The molecule has 0 spiro atoms. The number of methoxy groups -OCH3 is 3. The van der Waals surface area contributed by atoms with Gasteiger partial charge in [-0.25, -0.2) is 0 Å². The topological polar surface area (TPSA) is 70.8 Å². The Labute approximate surface area is 113 Å². The summed E-state index contributed by atoms with van der Waals surface area (Å²) in [5.74, 6) is 0.929. The number of carbonyl (C=O) groups is 1. The molecule has 0 heterocycles. The van der Waals surface area contributed by atoms with E-state index in [9.17, 15) is 4.79 Å². The van der Waals surface area contributed by atoms with Gasteiger partial charge in [-0.3, -0.25) is 4.79 Å². The molecule has 0 aliphatic heterocycles. The second-order valence-electron chi connectivity index (χ2n) is 3.53. The van der Waals surface area contributed by atoms with E-state index >= 15 is 0 Å². The van der Waals surface area contributed by atoms with Crippen LogP contribution in [0.2, 0.25) is 0 Å². The van der Waals surface area contributed by atoms with E-state index in [-0.39, 0.29) is 24.8 Å². The lowest BCUT2D eigenvalue weighted by Crippen LogP contribution is -2.16. The number of esters is 1. The van der Waals surface area contributed by atoms with E-state index in [2.05, 4.69) is 4.74 Å². The Balaban J connectivity index is 0.00000289. The fraction of sp³-hybridized carbons (Fsp3) is 0.417. The van der Waals surface area contributed by atoms with Crippen molar-refractivity contribution in [3.63, 3.8) is 0 Å². The largest absolute Gasteiger partial charge is 0.497 e. The van der Waals surface area contributed by atoms with Crippen LogP contribution < -0.4 is 15.2 Å². The number of hydrogen-bond acceptors (Lipinski definition) is 5. The maximum atomic E-state index is 11.1. The first-order valence-electron chi connectivity index (χ1n) is 5.16. The van der Waals surface area contributed by atoms with Crippen molar-refractivity contribution < 1.29 is 19.0 Å². The van der Waals surface area contributed by atoms with Crippen LogP contribution in [0.15, 0.2) is 18.2 Å². The first kappa shape index (κ1) is 16.5. The van der Waals surface area contributed by atoms with Crippen molar-refractivity contribution in [2.45, 2.75) is 12.5 Å². The molecule has 1 atom stereocenters. The van der Waals surface area contributed by atoms with Crippen LogP contribution >= 0.6 is 12.4 Å². The summed E-state index contributed by atoms with van der Waals surface area (Å²) in [6, 6.07) is 4.85. The summed E-state index contributed by atoms with van der Waals surface area (Å²) in [7, 11) is 4.45. The highest BCUT2D eigenvalue weighted by molar-refractivity contribution is 5.85. The lowest BCUT2D eigenvalue weighted by molar-refractivity contribution is -0.141. The minimum absolute atomic E-state index is 0. The quantitative estimate of drug-likeness (QED) is 0.828. The van der Waals surface area contributed by atoms with Crippen LogP contribution in [-0.2, 0) is 9.53 Å². The molecule has 0 amide bonds. The summed E-state index contributed by atoms with van der Waals surface area (Å²) in [6.45, 7) is 0. The van der Waals surface area contributed by atoms with E-state index in [1.54, 1.807) is 32.4 Å². The van der Waals surface area contributed by atoms with Gasteiger partial charge in [-0.15, -0.1) is 12.4 Å². The summed E-state index contributed by atoms with van der Waals surface area (Å²) in [5, 5.41) is 0. The molecule has 2 N–H and O–H groups in total. The Morgan fingerprint density at radius 2 is 1.67 bits per heavy atom. The maximum Gasteiger partial charge on any atom is 0.307 e. The standard InChI is InChI=1S/C12H17NO4.ClH/c1-15-9-4-8(5-10(6-9)16-2)11(13)7-12(14)17-3;/h4-6,11H,7,13H2,1-3H3;1H/t11-;/m0./s1. The van der Waals surface area contributed by atoms with Crippen LogP contribution in [0.1, 0.15) is 18.0 Å². The number of halogens is 1. The molecule has 0 unspecified atom stereocenters. The third-order valence-electron chi connectivity index (χ3n) is 2.42. The summed E-state index contributed by atoms with van der Waals surface area (Å²) in [5.41, 5.74) is 6.68. The third-order valence-corrected chi connectivity index (χ3v) is 2.42. The Morgan fingerprint density at radius 3 is 2.06 bits per heavy atom. The molecule has 6 heteroatoms. The number of nitrogens with two attached hydrogens (primary N) is 1. The Hall–Kier alpha value is -1.46. The zero-order valence-corrected chi connectivity index (χ0v) is 11.5. The van der Waals surface area contributed by atoms with Gasteiger partial charge in [0.1, 0.15) is 11.5 Å². The van der Waals surface area contributed by atoms with Crippen LogP contribution in [-0.4, -0.2) is 27.3 Å². The highest BCUT2D eigenvalue weighted by atomic mass is 35.5. The van der Waals surface area contributed by atoms with Gasteiger partial charge in [-0.2, -0.15) is 0 Å². The van der Waals surface area contributed by atoms with Crippen molar-refractivity contribution in [3.8, 4) is 11.5 Å². The minimum Gasteiger partial charge on any atom is -0.497 e. The first-order chi connectivity index (χ1) is 8.10. The summed E-state index contributed by atoms with van der Waals surface area (Å²) >= 11 is 0. The maximum absolute atomic E-state index is 11.1. The fourth-order valence-corrected chi connectivity index (χ4v) is 1.42. The molecule has 0 saturated carbocycles. The molecule has 1 aromatic rings. The molecule has 0 aliphatic rings. The number of carbonyl (C=O) groups excluding carboxylic acids is 1. The summed E-state index contributed by atoms with van der Waals surface area (Å²) < 4.78 is 14.8. The van der Waals surface area contributed by atoms with E-state index in [0.29, 0.717) is 11.5 Å². The Kier molecular flexibility index (Phi) is 7.16. The van der Waals surface area contributed by atoms with Crippen molar-refractivity contribution in [3.05, 3.63) is 23.8 Å². The number of ether oxygens (including phenoxy) is 3. The van der Waals surface area contributed by atoms with Crippen LogP contribution in [0.3, 0.4) is 0 Å². The van der Waals surface area contributed by atoms with Gasteiger partial charge in [-0.05, 0) is 17.7 Å². The van der Waals surface area contributed by atoms with Gasteiger partial charge in [0.2, 0.25) is 0 Å². The van der Waals surface area contributed by atoms with Gasteiger partial charge in [0, 0.05) is 12.1 Å².